The van der Waals surface area contributed by atoms with Gasteiger partial charge in [0.1, 0.15) is 0 Å². The molecule has 0 aromatic rings. The molecule has 1 aliphatic rings. The lowest BCUT2D eigenvalue weighted by Crippen LogP contribution is -2.38. The van der Waals surface area contributed by atoms with Gasteiger partial charge in [0.15, 0.2) is 0 Å². The van der Waals surface area contributed by atoms with Crippen LogP contribution in [0.5, 0.6) is 0 Å². The predicted molar refractivity (Wildman–Crippen MR) is 47.6 cm³/mol. The molecule has 0 heterocycles. The molecule has 0 aromatic heterocycles. The van der Waals surface area contributed by atoms with Crippen molar-refractivity contribution in [2.45, 2.75) is 18.4 Å². The van der Waals surface area contributed by atoms with E-state index in [0.717, 1.165) is 19.6 Å². The lowest BCUT2D eigenvalue weighted by Gasteiger charge is -2.12. The summed E-state index contributed by atoms with van der Waals surface area (Å²) in [6.45, 7) is 3.13. The molecule has 1 aliphatic carbocycles. The highest BCUT2D eigenvalue weighted by Gasteiger charge is 2.37. The molecular formula is C8H19N3. The SMILES string of the molecule is CN(C)CCNCC1(N)CC1. The summed E-state index contributed by atoms with van der Waals surface area (Å²) in [5.74, 6) is 0. The summed E-state index contributed by atoms with van der Waals surface area (Å²) < 4.78 is 0. The van der Waals surface area contributed by atoms with Crippen molar-refractivity contribution in [1.82, 2.24) is 10.2 Å². The summed E-state index contributed by atoms with van der Waals surface area (Å²) in [7, 11) is 4.16. The summed E-state index contributed by atoms with van der Waals surface area (Å²) in [5.41, 5.74) is 6.05. The van der Waals surface area contributed by atoms with Crippen molar-refractivity contribution in [3.63, 3.8) is 0 Å². The van der Waals surface area contributed by atoms with E-state index in [1.165, 1.54) is 12.8 Å². The second kappa shape index (κ2) is 3.52. The van der Waals surface area contributed by atoms with E-state index >= 15 is 0 Å². The van der Waals surface area contributed by atoms with Gasteiger partial charge >= 0.3 is 0 Å². The van der Waals surface area contributed by atoms with Crippen molar-refractivity contribution in [3.05, 3.63) is 0 Å². The van der Waals surface area contributed by atoms with Crippen LogP contribution in [0.3, 0.4) is 0 Å². The number of rotatable bonds is 5. The van der Waals surface area contributed by atoms with Crippen molar-refractivity contribution in [2.24, 2.45) is 5.73 Å². The number of hydrogen-bond acceptors (Lipinski definition) is 3. The second-order valence-corrected chi connectivity index (χ2v) is 3.84. The van der Waals surface area contributed by atoms with Crippen LogP contribution in [0.25, 0.3) is 0 Å². The molecule has 1 saturated carbocycles. The number of hydrogen-bond donors (Lipinski definition) is 2. The van der Waals surface area contributed by atoms with E-state index < -0.39 is 0 Å². The molecule has 0 aromatic carbocycles. The van der Waals surface area contributed by atoms with Crippen LogP contribution in [-0.2, 0) is 0 Å². The molecule has 0 spiro atoms. The summed E-state index contributed by atoms with van der Waals surface area (Å²) in [6.07, 6.45) is 2.39. The maximum atomic E-state index is 5.89. The Kier molecular flexibility index (Phi) is 2.87. The van der Waals surface area contributed by atoms with Crippen LogP contribution in [0.15, 0.2) is 0 Å². The first-order valence-electron chi connectivity index (χ1n) is 4.27. The molecule has 66 valence electrons. The minimum absolute atomic E-state index is 0.159. The number of nitrogens with two attached hydrogens (primary N) is 1. The van der Waals surface area contributed by atoms with E-state index in [-0.39, 0.29) is 5.54 Å². The first-order chi connectivity index (χ1) is 5.12. The van der Waals surface area contributed by atoms with Gasteiger partial charge in [0, 0.05) is 25.2 Å². The van der Waals surface area contributed by atoms with E-state index in [0.29, 0.717) is 0 Å². The zero-order chi connectivity index (χ0) is 8.32. The van der Waals surface area contributed by atoms with Gasteiger partial charge in [-0.05, 0) is 26.9 Å². The average Bonchev–Trinajstić information content (AvgIpc) is 2.62. The third-order valence-corrected chi connectivity index (χ3v) is 2.11. The summed E-state index contributed by atoms with van der Waals surface area (Å²) in [4.78, 5) is 2.17. The molecule has 1 fully saturated rings. The Bertz CT molecular complexity index is 119. The van der Waals surface area contributed by atoms with Crippen molar-refractivity contribution >= 4 is 0 Å². The molecular weight excluding hydrogens is 138 g/mol. The minimum Gasteiger partial charge on any atom is -0.324 e. The Morgan fingerprint density at radius 3 is 2.55 bits per heavy atom. The summed E-state index contributed by atoms with van der Waals surface area (Å²) >= 11 is 0. The van der Waals surface area contributed by atoms with Gasteiger partial charge < -0.3 is 16.0 Å². The van der Waals surface area contributed by atoms with Gasteiger partial charge in [0.25, 0.3) is 0 Å². The third-order valence-electron chi connectivity index (χ3n) is 2.11. The fraction of sp³-hybridized carbons (Fsp3) is 1.00. The number of likely N-dealkylation sites (N-methyl/N-ethyl adjacent to an activating group) is 1. The van der Waals surface area contributed by atoms with Crippen LogP contribution in [0.2, 0.25) is 0 Å². The molecule has 0 radical (unpaired) electrons. The molecule has 0 amide bonds. The molecule has 1 rings (SSSR count). The largest absolute Gasteiger partial charge is 0.324 e. The Balaban J connectivity index is 1.88. The van der Waals surface area contributed by atoms with E-state index in [1.807, 2.05) is 0 Å². The first kappa shape index (κ1) is 8.97. The molecule has 0 atom stereocenters. The number of nitrogens with one attached hydrogen (secondary N) is 1. The highest BCUT2D eigenvalue weighted by molar-refractivity contribution is 5.00. The van der Waals surface area contributed by atoms with Crippen LogP contribution in [-0.4, -0.2) is 44.2 Å². The fourth-order valence-electron chi connectivity index (χ4n) is 0.977. The molecule has 3 nitrogen and oxygen atoms in total. The van der Waals surface area contributed by atoms with Crippen LogP contribution in [0.4, 0.5) is 0 Å². The summed E-state index contributed by atoms with van der Waals surface area (Å²) in [6, 6.07) is 0. The quantitative estimate of drug-likeness (QED) is 0.535. The maximum Gasteiger partial charge on any atom is 0.0282 e. The third kappa shape index (κ3) is 3.70. The van der Waals surface area contributed by atoms with E-state index in [2.05, 4.69) is 24.3 Å². The van der Waals surface area contributed by atoms with Crippen LogP contribution < -0.4 is 11.1 Å². The van der Waals surface area contributed by atoms with Crippen molar-refractivity contribution < 1.29 is 0 Å². The van der Waals surface area contributed by atoms with Crippen molar-refractivity contribution in [1.29, 1.82) is 0 Å². The van der Waals surface area contributed by atoms with Gasteiger partial charge in [-0.15, -0.1) is 0 Å². The van der Waals surface area contributed by atoms with Crippen LogP contribution in [0, 0.1) is 0 Å². The average molecular weight is 157 g/mol. The highest BCUT2D eigenvalue weighted by Crippen LogP contribution is 2.30. The van der Waals surface area contributed by atoms with Gasteiger partial charge in [-0.2, -0.15) is 0 Å². The van der Waals surface area contributed by atoms with Gasteiger partial charge in [-0.3, -0.25) is 0 Å². The first-order valence-corrected chi connectivity index (χ1v) is 4.27. The molecule has 0 saturated heterocycles. The Labute approximate surface area is 68.9 Å². The standard InChI is InChI=1S/C8H19N3/c1-11(2)6-5-10-7-8(9)3-4-8/h10H,3-7,9H2,1-2H3. The fourth-order valence-corrected chi connectivity index (χ4v) is 0.977. The van der Waals surface area contributed by atoms with Gasteiger partial charge in [-0.25, -0.2) is 0 Å². The summed E-state index contributed by atoms with van der Waals surface area (Å²) in [5, 5.41) is 3.35. The molecule has 0 aliphatic heterocycles. The van der Waals surface area contributed by atoms with Crippen molar-refractivity contribution in [3.8, 4) is 0 Å². The monoisotopic (exact) mass is 157 g/mol. The molecule has 0 unspecified atom stereocenters. The number of nitrogens with zero attached hydrogens (tertiary/aromatic N) is 1. The molecule has 0 bridgehead atoms. The topological polar surface area (TPSA) is 41.3 Å². The van der Waals surface area contributed by atoms with Crippen LogP contribution >= 0.6 is 0 Å². The Morgan fingerprint density at radius 1 is 1.45 bits per heavy atom. The molecule has 3 N–H and O–H groups in total. The van der Waals surface area contributed by atoms with E-state index in [9.17, 15) is 0 Å². The zero-order valence-corrected chi connectivity index (χ0v) is 7.56. The predicted octanol–water partition coefficient (Wildman–Crippen LogP) is -0.371. The zero-order valence-electron chi connectivity index (χ0n) is 7.56. The van der Waals surface area contributed by atoms with Gasteiger partial charge in [-0.1, -0.05) is 0 Å². The van der Waals surface area contributed by atoms with Gasteiger partial charge in [0.05, 0.1) is 0 Å². The minimum atomic E-state index is 0.159. The smallest absolute Gasteiger partial charge is 0.0282 e. The Morgan fingerprint density at radius 2 is 2.09 bits per heavy atom. The van der Waals surface area contributed by atoms with Crippen molar-refractivity contribution in [2.75, 3.05) is 33.7 Å². The maximum absolute atomic E-state index is 5.89. The Hall–Kier alpha value is -0.120. The van der Waals surface area contributed by atoms with Gasteiger partial charge in [0.2, 0.25) is 0 Å². The second-order valence-electron chi connectivity index (χ2n) is 3.84. The lowest BCUT2D eigenvalue weighted by molar-refractivity contribution is 0.395. The molecule has 3 heteroatoms. The molecule has 11 heavy (non-hydrogen) atoms. The highest BCUT2D eigenvalue weighted by atomic mass is 15.1. The van der Waals surface area contributed by atoms with E-state index in [4.69, 9.17) is 5.73 Å². The lowest BCUT2D eigenvalue weighted by atomic mass is 10.3. The van der Waals surface area contributed by atoms with Crippen LogP contribution in [0.1, 0.15) is 12.8 Å². The normalized spacial score (nSPS) is 20.7. The van der Waals surface area contributed by atoms with E-state index in [1.54, 1.807) is 0 Å².